The van der Waals surface area contributed by atoms with Crippen molar-refractivity contribution in [2.75, 3.05) is 74.9 Å². The van der Waals surface area contributed by atoms with E-state index in [4.69, 9.17) is 31.3 Å². The smallest absolute Gasteiger partial charge is 0.384 e. The number of ether oxygens (including phenoxy) is 1. The van der Waals surface area contributed by atoms with E-state index in [2.05, 4.69) is 0 Å². The maximum atomic E-state index is 5.50. The zero-order chi connectivity index (χ0) is 23.4. The maximum absolute atomic E-state index is 5.50. The minimum atomic E-state index is -2.40. The van der Waals surface area contributed by atoms with Crippen molar-refractivity contribution in [3.63, 3.8) is 0 Å². The van der Waals surface area contributed by atoms with Crippen LogP contribution in [0.15, 0.2) is 0 Å². The molecule has 0 spiro atoms. The van der Waals surface area contributed by atoms with Gasteiger partial charge in [-0.1, -0.05) is 25.7 Å². The zero-order valence-electron chi connectivity index (χ0n) is 21.2. The SMILES string of the molecule is COCCP(CCCCCC[Si](OC)(OC)OC)CCCCCC[Si](OC)(OC)OC. The Morgan fingerprint density at radius 2 is 0.806 bits per heavy atom. The summed E-state index contributed by atoms with van der Waals surface area (Å²) < 4.78 is 38.4. The second-order valence-corrected chi connectivity index (χ2v) is 16.6. The second kappa shape index (κ2) is 20.0. The van der Waals surface area contributed by atoms with Gasteiger partial charge < -0.3 is 31.3 Å². The first-order chi connectivity index (χ1) is 15.0. The topological polar surface area (TPSA) is 64.6 Å². The summed E-state index contributed by atoms with van der Waals surface area (Å²) in [5.41, 5.74) is 0. The van der Waals surface area contributed by atoms with Crippen molar-refractivity contribution in [1.82, 2.24) is 0 Å². The summed E-state index contributed by atoms with van der Waals surface area (Å²) in [5, 5.41) is 0. The largest absolute Gasteiger partial charge is 0.500 e. The minimum Gasteiger partial charge on any atom is -0.384 e. The molecule has 0 saturated heterocycles. The molecule has 0 N–H and O–H groups in total. The van der Waals surface area contributed by atoms with Crippen LogP contribution in [0.3, 0.4) is 0 Å². The highest BCUT2D eigenvalue weighted by molar-refractivity contribution is 7.57. The van der Waals surface area contributed by atoms with Gasteiger partial charge >= 0.3 is 17.6 Å². The highest BCUT2D eigenvalue weighted by Crippen LogP contribution is 2.38. The molecule has 0 amide bonds. The lowest BCUT2D eigenvalue weighted by molar-refractivity contribution is 0.122. The zero-order valence-corrected chi connectivity index (χ0v) is 24.1. The molecule has 0 atom stereocenters. The molecule has 10 heteroatoms. The van der Waals surface area contributed by atoms with Crippen LogP contribution in [0.5, 0.6) is 0 Å². The summed E-state index contributed by atoms with van der Waals surface area (Å²) in [6.07, 6.45) is 13.7. The predicted molar refractivity (Wildman–Crippen MR) is 134 cm³/mol. The van der Waals surface area contributed by atoms with Crippen LogP contribution in [-0.4, -0.2) is 92.5 Å². The Labute approximate surface area is 195 Å². The number of hydrogen-bond acceptors (Lipinski definition) is 7. The quantitative estimate of drug-likeness (QED) is 0.111. The fraction of sp³-hybridized carbons (Fsp3) is 1.00. The standard InChI is InChI=1S/C21H49O7PSi2/c1-22-16-19-29(17-12-8-10-14-20-30(23-2,24-3)25-4)18-13-9-11-15-21-31(26-5,27-6)28-7/h8-21H2,1-7H3. The molecule has 31 heavy (non-hydrogen) atoms. The van der Waals surface area contributed by atoms with E-state index in [0.29, 0.717) is 0 Å². The third-order valence-corrected chi connectivity index (χ3v) is 14.3. The molecule has 0 fully saturated rings. The van der Waals surface area contributed by atoms with Crippen molar-refractivity contribution in [2.45, 2.75) is 63.5 Å². The highest BCUT2D eigenvalue weighted by Gasteiger charge is 2.37. The Kier molecular flexibility index (Phi) is 20.4. The van der Waals surface area contributed by atoms with Gasteiger partial charge in [0.2, 0.25) is 0 Å². The lowest BCUT2D eigenvalue weighted by Crippen LogP contribution is -2.42. The summed E-state index contributed by atoms with van der Waals surface area (Å²) in [5.74, 6) is 0. The summed E-state index contributed by atoms with van der Waals surface area (Å²) >= 11 is 0. The number of rotatable bonds is 23. The predicted octanol–water partition coefficient (Wildman–Crippen LogP) is 4.99. The normalized spacial score (nSPS) is 12.8. The van der Waals surface area contributed by atoms with E-state index in [1.165, 1.54) is 57.0 Å². The van der Waals surface area contributed by atoms with Gasteiger partial charge in [0.1, 0.15) is 0 Å². The molecule has 0 aliphatic heterocycles. The van der Waals surface area contributed by atoms with E-state index < -0.39 is 17.6 Å². The monoisotopic (exact) mass is 500 g/mol. The lowest BCUT2D eigenvalue weighted by Gasteiger charge is -2.24. The molecule has 0 aromatic rings. The summed E-state index contributed by atoms with van der Waals surface area (Å²) in [6.45, 7) is 0.888. The number of methoxy groups -OCH3 is 1. The van der Waals surface area contributed by atoms with Crippen molar-refractivity contribution < 1.29 is 31.3 Å². The molecule has 0 aromatic carbocycles. The van der Waals surface area contributed by atoms with Gasteiger partial charge in [0.15, 0.2) is 0 Å². The van der Waals surface area contributed by atoms with E-state index >= 15 is 0 Å². The summed E-state index contributed by atoms with van der Waals surface area (Å²) in [7, 11) is 7.21. The van der Waals surface area contributed by atoms with Crippen LogP contribution in [0.4, 0.5) is 0 Å². The molecule has 0 unspecified atom stereocenters. The van der Waals surface area contributed by atoms with Gasteiger partial charge in [-0.3, -0.25) is 0 Å². The number of hydrogen-bond donors (Lipinski definition) is 0. The average molecular weight is 501 g/mol. The average Bonchev–Trinajstić information content (AvgIpc) is 2.82. The third kappa shape index (κ3) is 13.8. The van der Waals surface area contributed by atoms with Crippen molar-refractivity contribution in [3.05, 3.63) is 0 Å². The van der Waals surface area contributed by atoms with E-state index in [1.807, 2.05) is 7.11 Å². The van der Waals surface area contributed by atoms with Crippen LogP contribution < -0.4 is 0 Å². The van der Waals surface area contributed by atoms with Crippen LogP contribution in [0, 0.1) is 0 Å². The Morgan fingerprint density at radius 1 is 0.452 bits per heavy atom. The molecule has 0 aliphatic carbocycles. The third-order valence-electron chi connectivity index (χ3n) is 5.89. The number of unbranched alkanes of at least 4 members (excludes halogenated alkanes) is 6. The lowest BCUT2D eigenvalue weighted by atomic mass is 10.2. The molecule has 0 rings (SSSR count). The first-order valence-electron chi connectivity index (χ1n) is 11.5. The van der Waals surface area contributed by atoms with Crippen molar-refractivity contribution in [2.24, 2.45) is 0 Å². The second-order valence-electron chi connectivity index (χ2n) is 7.75. The van der Waals surface area contributed by atoms with Crippen LogP contribution in [-0.2, 0) is 31.3 Å². The molecular formula is C21H49O7PSi2. The molecule has 188 valence electrons. The van der Waals surface area contributed by atoms with Crippen molar-refractivity contribution in [1.29, 1.82) is 0 Å². The minimum absolute atomic E-state index is 0.0722. The summed E-state index contributed by atoms with van der Waals surface area (Å²) in [6, 6.07) is 1.79. The Morgan fingerprint density at radius 3 is 1.13 bits per heavy atom. The fourth-order valence-corrected chi connectivity index (χ4v) is 9.77. The van der Waals surface area contributed by atoms with Crippen molar-refractivity contribution in [3.8, 4) is 0 Å². The molecule has 0 heterocycles. The molecule has 0 saturated carbocycles. The van der Waals surface area contributed by atoms with Gasteiger partial charge in [-0.05, 0) is 44.2 Å². The first-order valence-corrected chi connectivity index (χ1v) is 17.3. The van der Waals surface area contributed by atoms with E-state index in [9.17, 15) is 0 Å². The Balaban J connectivity index is 4.03. The first kappa shape index (κ1) is 31.6. The summed E-state index contributed by atoms with van der Waals surface area (Å²) in [4.78, 5) is 0. The Hall–Kier alpha value is 0.584. The van der Waals surface area contributed by atoms with Crippen LogP contribution in [0.1, 0.15) is 51.4 Å². The fourth-order valence-electron chi connectivity index (χ4n) is 3.73. The van der Waals surface area contributed by atoms with Gasteiger partial charge in [0.25, 0.3) is 0 Å². The van der Waals surface area contributed by atoms with Crippen LogP contribution in [0.2, 0.25) is 12.1 Å². The van der Waals surface area contributed by atoms with Gasteiger partial charge in [-0.2, -0.15) is 0 Å². The van der Waals surface area contributed by atoms with Gasteiger partial charge in [0, 0.05) is 61.9 Å². The van der Waals surface area contributed by atoms with Crippen LogP contribution >= 0.6 is 7.92 Å². The molecule has 0 bridgehead atoms. The highest BCUT2D eigenvalue weighted by atomic mass is 31.1. The maximum Gasteiger partial charge on any atom is 0.500 e. The van der Waals surface area contributed by atoms with Crippen LogP contribution in [0.25, 0.3) is 0 Å². The molecule has 7 nitrogen and oxygen atoms in total. The van der Waals surface area contributed by atoms with Crippen molar-refractivity contribution >= 4 is 25.5 Å². The Bertz CT molecular complexity index is 351. The molecule has 0 radical (unpaired) electrons. The molecular weight excluding hydrogens is 451 g/mol. The molecule has 0 aromatic heterocycles. The van der Waals surface area contributed by atoms with Gasteiger partial charge in [-0.25, -0.2) is 0 Å². The van der Waals surface area contributed by atoms with E-state index in [0.717, 1.165) is 31.5 Å². The van der Waals surface area contributed by atoms with E-state index in [1.54, 1.807) is 42.7 Å². The molecule has 0 aliphatic rings. The van der Waals surface area contributed by atoms with Gasteiger partial charge in [-0.15, -0.1) is 7.92 Å². The van der Waals surface area contributed by atoms with Gasteiger partial charge in [0.05, 0.1) is 6.61 Å². The van der Waals surface area contributed by atoms with E-state index in [-0.39, 0.29) is 7.92 Å².